The molecule has 21 heavy (non-hydrogen) atoms. The van der Waals surface area contributed by atoms with Crippen molar-refractivity contribution in [1.82, 2.24) is 0 Å². The maximum Gasteiger partial charge on any atom is 0.165 e. The normalized spacial score (nSPS) is 12.2. The van der Waals surface area contributed by atoms with Crippen LogP contribution in [0.25, 0.3) is 0 Å². The average Bonchev–Trinajstić information content (AvgIpc) is 2.53. The van der Waals surface area contributed by atoms with E-state index < -0.39 is 0 Å². The summed E-state index contributed by atoms with van der Waals surface area (Å²) in [7, 11) is 1.67. The van der Waals surface area contributed by atoms with Crippen LogP contribution >= 0.6 is 12.4 Å². The summed E-state index contributed by atoms with van der Waals surface area (Å²) in [6.45, 7) is 1.35. The van der Waals surface area contributed by atoms with E-state index in [9.17, 15) is 0 Å². The van der Waals surface area contributed by atoms with E-state index >= 15 is 0 Å². The molecule has 1 heterocycles. The van der Waals surface area contributed by atoms with E-state index in [2.05, 4.69) is 17.1 Å². The van der Waals surface area contributed by atoms with Crippen molar-refractivity contribution >= 4 is 18.6 Å². The van der Waals surface area contributed by atoms with E-state index in [-0.39, 0.29) is 12.4 Å². The molecule has 0 unspecified atom stereocenters. The molecule has 110 valence electrons. The van der Waals surface area contributed by atoms with Gasteiger partial charge in [-0.15, -0.1) is 12.4 Å². The summed E-state index contributed by atoms with van der Waals surface area (Å²) in [5.74, 6) is 1.63. The summed E-state index contributed by atoms with van der Waals surface area (Å²) in [4.78, 5) is 4.31. The van der Waals surface area contributed by atoms with Gasteiger partial charge >= 0.3 is 0 Å². The lowest BCUT2D eigenvalue weighted by Gasteiger charge is -2.18. The van der Waals surface area contributed by atoms with Gasteiger partial charge in [-0.25, -0.2) is 0 Å². The second-order valence-electron chi connectivity index (χ2n) is 4.72. The molecule has 1 aliphatic heterocycles. The summed E-state index contributed by atoms with van der Waals surface area (Å²) in [6.07, 6.45) is 2.81. The minimum absolute atomic E-state index is 0. The van der Waals surface area contributed by atoms with E-state index in [4.69, 9.17) is 9.47 Å². The highest BCUT2D eigenvalue weighted by atomic mass is 35.5. The molecule has 0 radical (unpaired) electrons. The molecule has 0 N–H and O–H groups in total. The van der Waals surface area contributed by atoms with Crippen molar-refractivity contribution in [1.29, 1.82) is 0 Å². The monoisotopic (exact) mass is 303 g/mol. The van der Waals surface area contributed by atoms with Crippen molar-refractivity contribution in [2.45, 2.75) is 13.0 Å². The van der Waals surface area contributed by atoms with Crippen molar-refractivity contribution in [3.8, 4) is 11.5 Å². The van der Waals surface area contributed by atoms with Crippen molar-refractivity contribution < 1.29 is 9.47 Å². The molecular weight excluding hydrogens is 286 g/mol. The Morgan fingerprint density at radius 3 is 2.67 bits per heavy atom. The maximum atomic E-state index is 6.03. The number of hydrogen-bond donors (Lipinski definition) is 0. The maximum absolute atomic E-state index is 6.03. The summed E-state index contributed by atoms with van der Waals surface area (Å²) in [5, 5.41) is 0. The van der Waals surface area contributed by atoms with Gasteiger partial charge in [0.25, 0.3) is 0 Å². The molecular formula is C17H18ClNO2. The molecule has 2 aromatic carbocycles. The van der Waals surface area contributed by atoms with Gasteiger partial charge in [-0.3, -0.25) is 4.99 Å². The first-order chi connectivity index (χ1) is 9.88. The molecule has 0 atom stereocenters. The quantitative estimate of drug-likeness (QED) is 0.863. The minimum atomic E-state index is 0. The van der Waals surface area contributed by atoms with E-state index in [1.807, 2.05) is 36.5 Å². The molecule has 0 fully saturated rings. The largest absolute Gasteiger partial charge is 0.493 e. The highest BCUT2D eigenvalue weighted by Gasteiger charge is 2.16. The number of fused-ring (bicyclic) bond motifs is 1. The van der Waals surface area contributed by atoms with Gasteiger partial charge in [-0.05, 0) is 29.7 Å². The first-order valence-corrected chi connectivity index (χ1v) is 6.75. The molecule has 0 amide bonds. The number of halogens is 1. The molecule has 0 spiro atoms. The van der Waals surface area contributed by atoms with Crippen LogP contribution in [0.2, 0.25) is 0 Å². The van der Waals surface area contributed by atoms with Gasteiger partial charge in [0.1, 0.15) is 6.61 Å². The average molecular weight is 304 g/mol. The number of methoxy groups -OCH3 is 1. The van der Waals surface area contributed by atoms with Crippen LogP contribution in [0.3, 0.4) is 0 Å². The van der Waals surface area contributed by atoms with Crippen LogP contribution in [0.1, 0.15) is 16.7 Å². The van der Waals surface area contributed by atoms with Gasteiger partial charge in [0, 0.05) is 18.3 Å². The highest BCUT2D eigenvalue weighted by Crippen LogP contribution is 2.35. The van der Waals surface area contributed by atoms with Crippen LogP contribution < -0.4 is 9.47 Å². The predicted octanol–water partition coefficient (Wildman–Crippen LogP) is 3.67. The van der Waals surface area contributed by atoms with Gasteiger partial charge in [-0.2, -0.15) is 0 Å². The molecule has 0 saturated carbocycles. The first kappa shape index (κ1) is 15.4. The third kappa shape index (κ3) is 3.37. The standard InChI is InChI=1S/C17H17NO2.ClH/c1-19-16-8-7-14-11-18-10-9-15(14)17(16)20-12-13-5-3-2-4-6-13;/h2-8,11H,9-10,12H2,1H3;1H. The van der Waals surface area contributed by atoms with Crippen LogP contribution in [-0.2, 0) is 13.0 Å². The summed E-state index contributed by atoms with van der Waals surface area (Å²) in [5.41, 5.74) is 3.46. The zero-order valence-electron chi connectivity index (χ0n) is 11.9. The van der Waals surface area contributed by atoms with Crippen molar-refractivity contribution in [3.05, 3.63) is 59.2 Å². The fourth-order valence-electron chi connectivity index (χ4n) is 2.39. The molecule has 4 heteroatoms. The predicted molar refractivity (Wildman–Crippen MR) is 87.2 cm³/mol. The van der Waals surface area contributed by atoms with Crippen molar-refractivity contribution in [3.63, 3.8) is 0 Å². The lowest BCUT2D eigenvalue weighted by atomic mass is 10.0. The zero-order chi connectivity index (χ0) is 13.8. The minimum Gasteiger partial charge on any atom is -0.493 e. The van der Waals surface area contributed by atoms with E-state index in [0.717, 1.165) is 35.6 Å². The topological polar surface area (TPSA) is 30.8 Å². The van der Waals surface area contributed by atoms with E-state index in [0.29, 0.717) is 6.61 Å². The van der Waals surface area contributed by atoms with Gasteiger partial charge in [0.2, 0.25) is 0 Å². The number of hydrogen-bond acceptors (Lipinski definition) is 3. The molecule has 2 aromatic rings. The lowest BCUT2D eigenvalue weighted by molar-refractivity contribution is 0.281. The van der Waals surface area contributed by atoms with Crippen LogP contribution in [0.4, 0.5) is 0 Å². The second-order valence-corrected chi connectivity index (χ2v) is 4.72. The lowest BCUT2D eigenvalue weighted by Crippen LogP contribution is -2.08. The van der Waals surface area contributed by atoms with Gasteiger partial charge in [0.15, 0.2) is 11.5 Å². The first-order valence-electron chi connectivity index (χ1n) is 6.75. The Morgan fingerprint density at radius 2 is 1.90 bits per heavy atom. The van der Waals surface area contributed by atoms with Gasteiger partial charge in [-0.1, -0.05) is 30.3 Å². The van der Waals surface area contributed by atoms with Crippen LogP contribution in [0, 0.1) is 0 Å². The zero-order valence-corrected chi connectivity index (χ0v) is 12.7. The molecule has 3 rings (SSSR count). The Hall–Kier alpha value is -2.00. The van der Waals surface area contributed by atoms with Crippen LogP contribution in [0.5, 0.6) is 11.5 Å². The number of aliphatic imine (C=N–C) groups is 1. The van der Waals surface area contributed by atoms with Gasteiger partial charge < -0.3 is 9.47 Å². The molecule has 0 saturated heterocycles. The summed E-state index contributed by atoms with van der Waals surface area (Å²) in [6, 6.07) is 14.1. The van der Waals surface area contributed by atoms with E-state index in [1.54, 1.807) is 7.11 Å². The Morgan fingerprint density at radius 1 is 1.10 bits per heavy atom. The Kier molecular flexibility index (Phi) is 5.23. The number of benzene rings is 2. The Balaban J connectivity index is 0.00000161. The van der Waals surface area contributed by atoms with Crippen LogP contribution in [0.15, 0.2) is 47.5 Å². The molecule has 0 aliphatic carbocycles. The fraction of sp³-hybridized carbons (Fsp3) is 0.235. The smallest absolute Gasteiger partial charge is 0.165 e. The number of nitrogens with zero attached hydrogens (tertiary/aromatic N) is 1. The number of ether oxygens (including phenoxy) is 2. The molecule has 3 nitrogen and oxygen atoms in total. The molecule has 1 aliphatic rings. The van der Waals surface area contributed by atoms with Crippen LogP contribution in [-0.4, -0.2) is 19.9 Å². The number of rotatable bonds is 4. The second kappa shape index (κ2) is 7.14. The molecule has 0 bridgehead atoms. The Labute approximate surface area is 131 Å². The summed E-state index contributed by atoms with van der Waals surface area (Å²) < 4.78 is 11.5. The van der Waals surface area contributed by atoms with Gasteiger partial charge in [0.05, 0.1) is 7.11 Å². The highest BCUT2D eigenvalue weighted by molar-refractivity contribution is 5.85. The fourth-order valence-corrected chi connectivity index (χ4v) is 2.39. The van der Waals surface area contributed by atoms with Crippen molar-refractivity contribution in [2.24, 2.45) is 4.99 Å². The van der Waals surface area contributed by atoms with E-state index in [1.165, 1.54) is 5.56 Å². The van der Waals surface area contributed by atoms with Crippen molar-refractivity contribution in [2.75, 3.05) is 13.7 Å². The summed E-state index contributed by atoms with van der Waals surface area (Å²) >= 11 is 0. The SMILES string of the molecule is COc1ccc2c(c1OCc1ccccc1)CCN=C2.Cl. The third-order valence-electron chi connectivity index (χ3n) is 3.43. The third-order valence-corrected chi connectivity index (χ3v) is 3.43. The Bertz CT molecular complexity index is 626. The molecule has 0 aromatic heterocycles.